The van der Waals surface area contributed by atoms with Crippen LogP contribution in [-0.4, -0.2) is 47.3 Å². The van der Waals surface area contributed by atoms with Crippen molar-refractivity contribution in [1.82, 2.24) is 34.8 Å². The second kappa shape index (κ2) is 8.70. The van der Waals surface area contributed by atoms with Crippen molar-refractivity contribution in [1.29, 1.82) is 0 Å². The lowest BCUT2D eigenvalue weighted by Crippen LogP contribution is -2.29. The van der Waals surface area contributed by atoms with E-state index in [1.807, 2.05) is 37.9 Å². The number of aromatic nitrogens is 6. The standard InChI is InChI=1S/C20H24N8OS/c1-4-18-25-26-20(30-18)24-17-12-15(22-13(2)23-17)16-6-5-11-28(16)19(29)8-7-14-9-10-21-27(14)3/h7-10,12,16H,4-6,11H2,1-3H3,(H,22,23,24,26)/b8-7+/t16-/m0/s1. The highest BCUT2D eigenvalue weighted by molar-refractivity contribution is 7.15. The summed E-state index contributed by atoms with van der Waals surface area (Å²) in [6, 6.07) is 3.70. The van der Waals surface area contributed by atoms with Gasteiger partial charge in [-0.05, 0) is 38.3 Å². The summed E-state index contributed by atoms with van der Waals surface area (Å²) in [5.41, 5.74) is 1.72. The first-order valence-corrected chi connectivity index (χ1v) is 10.8. The molecule has 9 nitrogen and oxygen atoms in total. The van der Waals surface area contributed by atoms with E-state index in [0.717, 1.165) is 35.7 Å². The van der Waals surface area contributed by atoms with Crippen LogP contribution in [0.25, 0.3) is 6.08 Å². The molecule has 0 radical (unpaired) electrons. The van der Waals surface area contributed by atoms with Gasteiger partial charge in [-0.3, -0.25) is 9.48 Å². The maximum absolute atomic E-state index is 12.9. The molecule has 4 rings (SSSR count). The van der Waals surface area contributed by atoms with Crippen LogP contribution in [0, 0.1) is 6.92 Å². The molecule has 0 bridgehead atoms. The second-order valence-electron chi connectivity index (χ2n) is 7.11. The Morgan fingerprint density at radius 2 is 2.23 bits per heavy atom. The number of nitrogens with one attached hydrogen (secondary N) is 1. The number of anilines is 2. The average Bonchev–Trinajstić information content (AvgIpc) is 3.46. The third kappa shape index (κ3) is 4.38. The number of aryl methyl sites for hydroxylation is 3. The van der Waals surface area contributed by atoms with E-state index < -0.39 is 0 Å². The van der Waals surface area contributed by atoms with Crippen molar-refractivity contribution >= 4 is 34.3 Å². The SMILES string of the molecule is CCc1nnc(Nc2cc([C@@H]3CCCN3C(=O)/C=C/c3ccnn3C)nc(C)n2)s1. The first kappa shape index (κ1) is 20.1. The van der Waals surface area contributed by atoms with E-state index in [1.54, 1.807) is 23.0 Å². The molecule has 10 heteroatoms. The predicted molar refractivity (Wildman–Crippen MR) is 115 cm³/mol. The molecule has 1 saturated heterocycles. The van der Waals surface area contributed by atoms with E-state index in [2.05, 4.69) is 30.6 Å². The molecule has 0 unspecified atom stereocenters. The number of amides is 1. The van der Waals surface area contributed by atoms with Gasteiger partial charge in [0.1, 0.15) is 16.6 Å². The van der Waals surface area contributed by atoms with Crippen molar-refractivity contribution in [2.24, 2.45) is 7.05 Å². The van der Waals surface area contributed by atoms with E-state index in [0.29, 0.717) is 23.3 Å². The summed E-state index contributed by atoms with van der Waals surface area (Å²) in [6.07, 6.45) is 7.78. The molecule has 0 spiro atoms. The van der Waals surface area contributed by atoms with Crippen molar-refractivity contribution in [3.63, 3.8) is 0 Å². The van der Waals surface area contributed by atoms with Crippen molar-refractivity contribution in [3.8, 4) is 0 Å². The molecule has 4 heterocycles. The van der Waals surface area contributed by atoms with E-state index in [-0.39, 0.29) is 11.9 Å². The molecule has 1 aliphatic rings. The van der Waals surface area contributed by atoms with Gasteiger partial charge in [-0.1, -0.05) is 18.3 Å². The average molecular weight is 425 g/mol. The smallest absolute Gasteiger partial charge is 0.247 e. The fourth-order valence-electron chi connectivity index (χ4n) is 3.52. The lowest BCUT2D eigenvalue weighted by atomic mass is 10.1. The highest BCUT2D eigenvalue weighted by Gasteiger charge is 2.30. The Balaban J connectivity index is 1.53. The fourth-order valence-corrected chi connectivity index (χ4v) is 4.21. The van der Waals surface area contributed by atoms with E-state index >= 15 is 0 Å². The van der Waals surface area contributed by atoms with Gasteiger partial charge in [0.15, 0.2) is 0 Å². The fraction of sp³-hybridized carbons (Fsp3) is 0.400. The van der Waals surface area contributed by atoms with E-state index in [1.165, 1.54) is 11.3 Å². The number of rotatable bonds is 6. The van der Waals surface area contributed by atoms with Gasteiger partial charge < -0.3 is 10.2 Å². The molecule has 1 atom stereocenters. The van der Waals surface area contributed by atoms with Crippen LogP contribution >= 0.6 is 11.3 Å². The predicted octanol–water partition coefficient (Wildman–Crippen LogP) is 3.05. The Morgan fingerprint density at radius 1 is 1.37 bits per heavy atom. The number of nitrogens with zero attached hydrogens (tertiary/aromatic N) is 7. The monoisotopic (exact) mass is 424 g/mol. The summed E-state index contributed by atoms with van der Waals surface area (Å²) in [6.45, 7) is 4.61. The minimum Gasteiger partial charge on any atom is -0.331 e. The van der Waals surface area contributed by atoms with Crippen molar-refractivity contribution < 1.29 is 4.79 Å². The first-order valence-electron chi connectivity index (χ1n) is 9.95. The van der Waals surface area contributed by atoms with Crippen LogP contribution in [0.2, 0.25) is 0 Å². The van der Waals surface area contributed by atoms with E-state index in [4.69, 9.17) is 0 Å². The van der Waals surface area contributed by atoms with Crippen LogP contribution < -0.4 is 5.32 Å². The highest BCUT2D eigenvalue weighted by atomic mass is 32.1. The highest BCUT2D eigenvalue weighted by Crippen LogP contribution is 2.32. The van der Waals surface area contributed by atoms with Gasteiger partial charge in [0.2, 0.25) is 11.0 Å². The van der Waals surface area contributed by atoms with Crippen molar-refractivity contribution in [2.45, 2.75) is 39.2 Å². The molecule has 3 aromatic heterocycles. The summed E-state index contributed by atoms with van der Waals surface area (Å²) in [5.74, 6) is 1.29. The topological polar surface area (TPSA) is 102 Å². The molecule has 1 aliphatic heterocycles. The molecule has 0 saturated carbocycles. The van der Waals surface area contributed by atoms with Crippen LogP contribution in [0.5, 0.6) is 0 Å². The maximum Gasteiger partial charge on any atom is 0.247 e. The number of carbonyl (C=O) groups excluding carboxylic acids is 1. The third-order valence-corrected chi connectivity index (χ3v) is 5.98. The molecule has 156 valence electrons. The molecule has 0 aliphatic carbocycles. The van der Waals surface area contributed by atoms with Crippen molar-refractivity contribution in [2.75, 3.05) is 11.9 Å². The minimum atomic E-state index is -0.0726. The Morgan fingerprint density at radius 3 is 2.97 bits per heavy atom. The van der Waals surface area contributed by atoms with E-state index in [9.17, 15) is 4.79 Å². The third-order valence-electron chi connectivity index (χ3n) is 4.99. The molecule has 0 aromatic carbocycles. The zero-order valence-electron chi connectivity index (χ0n) is 17.2. The van der Waals surface area contributed by atoms with Gasteiger partial charge in [0.05, 0.1) is 17.4 Å². The van der Waals surface area contributed by atoms with Gasteiger partial charge in [-0.2, -0.15) is 5.10 Å². The Labute approximate surface area is 178 Å². The molecule has 1 fully saturated rings. The summed E-state index contributed by atoms with van der Waals surface area (Å²) < 4.78 is 1.73. The molecule has 1 N–H and O–H groups in total. The number of carbonyl (C=O) groups is 1. The zero-order valence-corrected chi connectivity index (χ0v) is 18.1. The van der Waals surface area contributed by atoms with Gasteiger partial charge >= 0.3 is 0 Å². The minimum absolute atomic E-state index is 0.0267. The van der Waals surface area contributed by atoms with Gasteiger partial charge in [0, 0.05) is 31.9 Å². The van der Waals surface area contributed by atoms with Crippen LogP contribution in [0.15, 0.2) is 24.4 Å². The second-order valence-corrected chi connectivity index (χ2v) is 8.17. The van der Waals surface area contributed by atoms with Crippen LogP contribution in [0.4, 0.5) is 10.9 Å². The van der Waals surface area contributed by atoms with Gasteiger partial charge in [0.25, 0.3) is 0 Å². The summed E-state index contributed by atoms with van der Waals surface area (Å²) in [4.78, 5) is 23.8. The molecule has 1 amide bonds. The normalized spacial score (nSPS) is 16.5. The maximum atomic E-state index is 12.9. The number of likely N-dealkylation sites (tertiary alicyclic amines) is 1. The summed E-state index contributed by atoms with van der Waals surface area (Å²) in [7, 11) is 1.85. The van der Waals surface area contributed by atoms with Gasteiger partial charge in [-0.25, -0.2) is 9.97 Å². The van der Waals surface area contributed by atoms with Crippen LogP contribution in [0.3, 0.4) is 0 Å². The summed E-state index contributed by atoms with van der Waals surface area (Å²) >= 11 is 1.51. The number of hydrogen-bond acceptors (Lipinski definition) is 8. The van der Waals surface area contributed by atoms with Crippen LogP contribution in [-0.2, 0) is 18.3 Å². The molecule has 30 heavy (non-hydrogen) atoms. The lowest BCUT2D eigenvalue weighted by molar-refractivity contribution is -0.126. The molecular formula is C20H24N8OS. The summed E-state index contributed by atoms with van der Waals surface area (Å²) in [5, 5.41) is 17.3. The Kier molecular flexibility index (Phi) is 5.84. The zero-order chi connectivity index (χ0) is 21.1. The quantitative estimate of drug-likeness (QED) is 0.607. The molecular weight excluding hydrogens is 400 g/mol. The van der Waals surface area contributed by atoms with Gasteiger partial charge in [-0.15, -0.1) is 10.2 Å². The Hall–Kier alpha value is -3.14. The molecule has 3 aromatic rings. The van der Waals surface area contributed by atoms with Crippen LogP contribution in [0.1, 0.15) is 48.0 Å². The largest absolute Gasteiger partial charge is 0.331 e. The van der Waals surface area contributed by atoms with Crippen molar-refractivity contribution in [3.05, 3.63) is 46.6 Å². The first-order chi connectivity index (χ1) is 14.5. The lowest BCUT2D eigenvalue weighted by Gasteiger charge is -2.23. The number of hydrogen-bond donors (Lipinski definition) is 1. The Bertz CT molecular complexity index is 1070.